The van der Waals surface area contributed by atoms with Crippen molar-refractivity contribution in [3.8, 4) is 0 Å². The number of ketones is 2. The van der Waals surface area contributed by atoms with Gasteiger partial charge in [-0.25, -0.2) is 0 Å². The second-order valence-electron chi connectivity index (χ2n) is 5.57. The fourth-order valence-corrected chi connectivity index (χ4v) is 3.47. The highest BCUT2D eigenvalue weighted by atomic mass is 16.3. The van der Waals surface area contributed by atoms with E-state index in [4.69, 9.17) is 4.42 Å². The average Bonchev–Trinajstić information content (AvgIpc) is 2.89. The Morgan fingerprint density at radius 3 is 2.80 bits per heavy atom. The third-order valence-corrected chi connectivity index (χ3v) is 4.59. The van der Waals surface area contributed by atoms with Gasteiger partial charge in [0.25, 0.3) is 0 Å². The van der Waals surface area contributed by atoms with E-state index >= 15 is 0 Å². The maximum Gasteiger partial charge on any atom is 0.228 e. The van der Waals surface area contributed by atoms with Gasteiger partial charge in [-0.2, -0.15) is 0 Å². The van der Waals surface area contributed by atoms with Gasteiger partial charge in [-0.1, -0.05) is 24.3 Å². The van der Waals surface area contributed by atoms with Crippen molar-refractivity contribution in [3.63, 3.8) is 0 Å². The minimum Gasteiger partial charge on any atom is -0.460 e. The molecular formula is C16H12O4. The fraction of sp³-hybridized carbons (Fsp3) is 0.250. The number of hydrogen-bond acceptors (Lipinski definition) is 4. The molecule has 4 nitrogen and oxygen atoms in total. The molecule has 0 saturated heterocycles. The predicted octanol–water partition coefficient (Wildman–Crippen LogP) is 2.08. The molecule has 0 spiro atoms. The average molecular weight is 268 g/mol. The minimum atomic E-state index is -0.854. The van der Waals surface area contributed by atoms with Crippen LogP contribution in [0.15, 0.2) is 34.9 Å². The van der Waals surface area contributed by atoms with Gasteiger partial charge in [0.2, 0.25) is 5.78 Å². The fourth-order valence-electron chi connectivity index (χ4n) is 3.47. The summed E-state index contributed by atoms with van der Waals surface area (Å²) in [7, 11) is 0. The van der Waals surface area contributed by atoms with E-state index < -0.39 is 11.5 Å². The van der Waals surface area contributed by atoms with Crippen LogP contribution in [0, 0.1) is 0 Å². The molecule has 4 rings (SSSR count). The molecule has 20 heavy (non-hydrogen) atoms. The molecule has 0 radical (unpaired) electrons. The second kappa shape index (κ2) is 3.46. The molecule has 2 aromatic rings. The SMILES string of the molecule is C[C@@]12c3ccccc3C(=O)c3occ(c31)C(=O)C[C@H]2O. The summed E-state index contributed by atoms with van der Waals surface area (Å²) in [6.07, 6.45) is 0.541. The number of carbonyl (C=O) groups is 2. The zero-order valence-electron chi connectivity index (χ0n) is 10.8. The molecule has 4 heteroatoms. The number of aliphatic hydroxyl groups excluding tert-OH is 1. The number of hydrogen-bond donors (Lipinski definition) is 1. The van der Waals surface area contributed by atoms with Crippen LogP contribution >= 0.6 is 0 Å². The monoisotopic (exact) mass is 268 g/mol. The lowest BCUT2D eigenvalue weighted by Crippen LogP contribution is -2.47. The summed E-state index contributed by atoms with van der Waals surface area (Å²) in [5, 5.41) is 10.5. The molecule has 0 fully saturated rings. The van der Waals surface area contributed by atoms with Gasteiger partial charge in [0, 0.05) is 23.0 Å². The molecule has 1 N–H and O–H groups in total. The number of furan rings is 1. The second-order valence-corrected chi connectivity index (χ2v) is 5.57. The van der Waals surface area contributed by atoms with Crippen molar-refractivity contribution in [1.29, 1.82) is 0 Å². The lowest BCUT2D eigenvalue weighted by Gasteiger charge is -2.41. The summed E-state index contributed by atoms with van der Waals surface area (Å²) in [4.78, 5) is 24.5. The largest absolute Gasteiger partial charge is 0.460 e. The summed E-state index contributed by atoms with van der Waals surface area (Å²) in [6.45, 7) is 1.87. The highest BCUT2D eigenvalue weighted by molar-refractivity contribution is 6.14. The zero-order chi connectivity index (χ0) is 14.1. The molecule has 0 amide bonds. The van der Waals surface area contributed by atoms with Crippen molar-refractivity contribution in [2.75, 3.05) is 0 Å². The van der Waals surface area contributed by atoms with Crippen LogP contribution in [0.2, 0.25) is 0 Å². The van der Waals surface area contributed by atoms with Crippen molar-refractivity contribution in [2.45, 2.75) is 24.9 Å². The van der Waals surface area contributed by atoms with Gasteiger partial charge in [-0.15, -0.1) is 0 Å². The highest BCUT2D eigenvalue weighted by Gasteiger charge is 2.52. The highest BCUT2D eigenvalue weighted by Crippen LogP contribution is 2.49. The number of carbonyl (C=O) groups excluding carboxylic acids is 2. The van der Waals surface area contributed by atoms with Gasteiger partial charge in [0.1, 0.15) is 6.26 Å². The Kier molecular flexibility index (Phi) is 2.01. The van der Waals surface area contributed by atoms with Crippen LogP contribution in [-0.2, 0) is 5.41 Å². The minimum absolute atomic E-state index is 0.0466. The Hall–Kier alpha value is -2.20. The van der Waals surface area contributed by atoms with E-state index in [2.05, 4.69) is 0 Å². The summed E-state index contributed by atoms with van der Waals surface area (Å²) in [6, 6.07) is 7.20. The summed E-state index contributed by atoms with van der Waals surface area (Å²) in [5.41, 5.74) is 1.51. The molecular weight excluding hydrogens is 256 g/mol. The summed E-state index contributed by atoms with van der Waals surface area (Å²) >= 11 is 0. The van der Waals surface area contributed by atoms with Crippen molar-refractivity contribution in [2.24, 2.45) is 0 Å². The Morgan fingerprint density at radius 1 is 1.25 bits per heavy atom. The van der Waals surface area contributed by atoms with Crippen LogP contribution in [0.3, 0.4) is 0 Å². The van der Waals surface area contributed by atoms with Gasteiger partial charge in [0.15, 0.2) is 11.5 Å². The molecule has 1 heterocycles. The number of rotatable bonds is 0. The smallest absolute Gasteiger partial charge is 0.228 e. The van der Waals surface area contributed by atoms with E-state index in [0.717, 1.165) is 5.56 Å². The zero-order valence-corrected chi connectivity index (χ0v) is 10.8. The molecule has 2 atom stereocenters. The normalized spacial score (nSPS) is 27.2. The number of Topliss-reactive ketones (excluding diaryl/α,β-unsaturated/α-hetero) is 1. The Balaban J connectivity index is 2.15. The van der Waals surface area contributed by atoms with E-state index in [1.54, 1.807) is 12.1 Å². The molecule has 0 aliphatic heterocycles. The van der Waals surface area contributed by atoms with Crippen LogP contribution < -0.4 is 0 Å². The van der Waals surface area contributed by atoms with Gasteiger partial charge in [0.05, 0.1) is 11.7 Å². The van der Waals surface area contributed by atoms with E-state index in [-0.39, 0.29) is 23.7 Å². The van der Waals surface area contributed by atoms with Gasteiger partial charge in [-0.05, 0) is 12.5 Å². The van der Waals surface area contributed by atoms with Crippen LogP contribution in [0.5, 0.6) is 0 Å². The standard InChI is InChI=1S/C16H12O4/c1-16-10-5-3-2-4-8(10)14(19)15-13(16)9(7-20-15)11(17)6-12(16)18/h2-5,7,12,18H,6H2,1H3/t12-,16+/m1/s1. The summed E-state index contributed by atoms with van der Waals surface area (Å²) < 4.78 is 5.36. The lowest BCUT2D eigenvalue weighted by atomic mass is 9.61. The molecule has 1 aromatic carbocycles. The van der Waals surface area contributed by atoms with Crippen molar-refractivity contribution in [1.82, 2.24) is 0 Å². The Bertz CT molecular complexity index is 771. The van der Waals surface area contributed by atoms with Crippen molar-refractivity contribution in [3.05, 3.63) is 58.5 Å². The van der Waals surface area contributed by atoms with Crippen LogP contribution in [0.4, 0.5) is 0 Å². The first kappa shape index (κ1) is 11.6. The summed E-state index contributed by atoms with van der Waals surface area (Å²) in [5.74, 6) is -0.207. The van der Waals surface area contributed by atoms with E-state index in [1.165, 1.54) is 6.26 Å². The number of benzene rings is 1. The number of aliphatic hydroxyl groups is 1. The van der Waals surface area contributed by atoms with Gasteiger partial charge in [-0.3, -0.25) is 9.59 Å². The van der Waals surface area contributed by atoms with Gasteiger partial charge >= 0.3 is 0 Å². The maximum absolute atomic E-state index is 12.5. The quantitative estimate of drug-likeness (QED) is 0.794. The molecule has 2 aliphatic carbocycles. The van der Waals surface area contributed by atoms with E-state index in [0.29, 0.717) is 16.7 Å². The molecule has 1 aromatic heterocycles. The van der Waals surface area contributed by atoms with Crippen LogP contribution in [0.1, 0.15) is 50.9 Å². The first-order chi connectivity index (χ1) is 9.55. The lowest BCUT2D eigenvalue weighted by molar-refractivity contribution is 0.0672. The predicted molar refractivity (Wildman–Crippen MR) is 70.0 cm³/mol. The topological polar surface area (TPSA) is 67.5 Å². The molecule has 0 unspecified atom stereocenters. The Morgan fingerprint density at radius 2 is 2.00 bits per heavy atom. The van der Waals surface area contributed by atoms with Crippen LogP contribution in [0.25, 0.3) is 0 Å². The number of fused-ring (bicyclic) bond motifs is 2. The first-order valence-corrected chi connectivity index (χ1v) is 6.52. The van der Waals surface area contributed by atoms with E-state index in [9.17, 15) is 14.7 Å². The third-order valence-electron chi connectivity index (χ3n) is 4.59. The first-order valence-electron chi connectivity index (χ1n) is 6.52. The molecule has 0 bridgehead atoms. The Labute approximate surface area is 115 Å². The third kappa shape index (κ3) is 1.11. The maximum atomic E-state index is 12.5. The van der Waals surface area contributed by atoms with Crippen LogP contribution in [-0.4, -0.2) is 22.8 Å². The van der Waals surface area contributed by atoms with E-state index in [1.807, 2.05) is 19.1 Å². The van der Waals surface area contributed by atoms with Crippen molar-refractivity contribution < 1.29 is 19.1 Å². The molecule has 0 saturated carbocycles. The molecule has 2 aliphatic rings. The van der Waals surface area contributed by atoms with Crippen molar-refractivity contribution >= 4 is 11.6 Å². The molecule has 100 valence electrons. The van der Waals surface area contributed by atoms with Gasteiger partial charge < -0.3 is 9.52 Å².